The summed E-state index contributed by atoms with van der Waals surface area (Å²) in [7, 11) is 0. The van der Waals surface area contributed by atoms with Crippen LogP contribution in [0.15, 0.2) is 66.9 Å². The maximum absolute atomic E-state index is 13.9. The molecule has 1 nitrogen and oxygen atoms in total. The van der Waals surface area contributed by atoms with Gasteiger partial charge in [0.1, 0.15) is 0 Å². The Morgan fingerprint density at radius 1 is 0.731 bits per heavy atom. The van der Waals surface area contributed by atoms with Gasteiger partial charge in [-0.3, -0.25) is 4.39 Å². The molecule has 0 aliphatic carbocycles. The van der Waals surface area contributed by atoms with Gasteiger partial charge in [0.25, 0.3) is 0 Å². The van der Waals surface area contributed by atoms with E-state index in [0.717, 1.165) is 32.4 Å². The van der Waals surface area contributed by atoms with E-state index in [0.29, 0.717) is 0 Å². The monoisotopic (exact) mass is 513 g/mol. The van der Waals surface area contributed by atoms with Crippen LogP contribution in [0.1, 0.15) is 0 Å². The van der Waals surface area contributed by atoms with Crippen molar-refractivity contribution < 1.29 is 24.5 Å². The number of benzene rings is 5. The number of nitrogens with zero attached hydrogens (tertiary/aromatic N) is 1. The predicted molar refractivity (Wildman–Crippen MR) is 102 cm³/mol. The first-order chi connectivity index (χ1) is 12.3. The summed E-state index contributed by atoms with van der Waals surface area (Å²) in [5.74, 6) is -0.271. The Morgan fingerprint density at radius 3 is 2.15 bits per heavy atom. The number of hydrogen-bond acceptors (Lipinski definition) is 1. The second kappa shape index (κ2) is 5.44. The zero-order chi connectivity index (χ0) is 16.5. The Labute approximate surface area is 162 Å². The molecule has 6 rings (SSSR count). The normalized spacial score (nSPS) is 11.7. The Morgan fingerprint density at radius 2 is 1.38 bits per heavy atom. The molecule has 0 fully saturated rings. The molecule has 1 radical (unpaired) electrons. The van der Waals surface area contributed by atoms with Crippen molar-refractivity contribution in [2.24, 2.45) is 0 Å². The van der Waals surface area contributed by atoms with Gasteiger partial charge in [-0.15, -0.1) is 23.6 Å². The van der Waals surface area contributed by atoms with Crippen LogP contribution in [-0.2, 0) is 20.1 Å². The van der Waals surface area contributed by atoms with Gasteiger partial charge in [-0.05, 0) is 43.9 Å². The average Bonchev–Trinajstić information content (AvgIpc) is 2.67. The summed E-state index contributed by atoms with van der Waals surface area (Å²) < 4.78 is 13.9. The van der Waals surface area contributed by atoms with E-state index in [9.17, 15) is 4.39 Å². The van der Waals surface area contributed by atoms with E-state index in [-0.39, 0.29) is 25.9 Å². The first kappa shape index (κ1) is 15.6. The molecular weight excluding hydrogens is 501 g/mol. The van der Waals surface area contributed by atoms with Gasteiger partial charge in [-0.1, -0.05) is 53.2 Å². The molecule has 3 heteroatoms. The van der Waals surface area contributed by atoms with Crippen molar-refractivity contribution in [1.29, 1.82) is 0 Å². The summed E-state index contributed by atoms with van der Waals surface area (Å²) in [6.07, 6.45) is 1.84. The van der Waals surface area contributed by atoms with Crippen LogP contribution >= 0.6 is 0 Å². The first-order valence-corrected chi connectivity index (χ1v) is 8.27. The van der Waals surface area contributed by atoms with E-state index >= 15 is 0 Å². The SMILES string of the molecule is Fc1c[c-]c2c(c1)c1cccc3c4ccccc4c4ccnc2c4c13.[Ir]. The van der Waals surface area contributed by atoms with Crippen molar-refractivity contribution in [1.82, 2.24) is 4.98 Å². The van der Waals surface area contributed by atoms with Crippen LogP contribution in [0.25, 0.3) is 54.0 Å². The van der Waals surface area contributed by atoms with Gasteiger partial charge >= 0.3 is 0 Å². The largest absolute Gasteiger partial charge is 0.304 e. The van der Waals surface area contributed by atoms with E-state index in [4.69, 9.17) is 0 Å². The second-order valence-corrected chi connectivity index (χ2v) is 6.46. The molecule has 0 N–H and O–H groups in total. The van der Waals surface area contributed by atoms with E-state index in [1.54, 1.807) is 6.07 Å². The van der Waals surface area contributed by atoms with Gasteiger partial charge in [0, 0.05) is 32.1 Å². The Bertz CT molecular complexity index is 1460. The topological polar surface area (TPSA) is 12.9 Å². The molecule has 1 aromatic heterocycles. The molecule has 0 unspecified atom stereocenters. The number of pyridine rings is 1. The van der Waals surface area contributed by atoms with Crippen molar-refractivity contribution in [2.75, 3.05) is 0 Å². The molecule has 0 atom stereocenters. The van der Waals surface area contributed by atoms with E-state index in [1.165, 1.54) is 27.6 Å². The molecule has 0 amide bonds. The standard InChI is InChI=1S/C23H11FN.Ir/c24-13-8-9-19-20(12-13)17-7-3-6-16-14-4-1-2-5-15(14)18-10-11-25-23(19)22(18)21(16)17;/h1-8,10-12H;/q-1;. The molecule has 26 heavy (non-hydrogen) atoms. The van der Waals surface area contributed by atoms with Crippen molar-refractivity contribution in [3.63, 3.8) is 0 Å². The third kappa shape index (κ3) is 1.85. The zero-order valence-electron chi connectivity index (χ0n) is 13.5. The maximum atomic E-state index is 13.9. The zero-order valence-corrected chi connectivity index (χ0v) is 15.9. The Balaban J connectivity index is 0.00000150. The van der Waals surface area contributed by atoms with Gasteiger partial charge in [0.05, 0.1) is 0 Å². The van der Waals surface area contributed by atoms with Crippen LogP contribution in [0.4, 0.5) is 4.39 Å². The van der Waals surface area contributed by atoms with Crippen LogP contribution in [0.5, 0.6) is 0 Å². The summed E-state index contributed by atoms with van der Waals surface area (Å²) in [5, 5.41) is 9.90. The molecule has 0 bridgehead atoms. The third-order valence-corrected chi connectivity index (χ3v) is 5.21. The summed E-state index contributed by atoms with van der Waals surface area (Å²) in [6, 6.07) is 22.9. The van der Waals surface area contributed by atoms with Gasteiger partial charge in [-0.25, -0.2) is 0 Å². The minimum atomic E-state index is -0.271. The molecule has 0 spiro atoms. The van der Waals surface area contributed by atoms with Crippen molar-refractivity contribution in [3.05, 3.63) is 78.7 Å². The predicted octanol–water partition coefficient (Wildman–Crippen LogP) is 6.22. The van der Waals surface area contributed by atoms with E-state index in [1.807, 2.05) is 12.3 Å². The van der Waals surface area contributed by atoms with Crippen molar-refractivity contribution >= 4 is 54.0 Å². The minimum absolute atomic E-state index is 0. The fourth-order valence-corrected chi connectivity index (χ4v) is 4.23. The Kier molecular flexibility index (Phi) is 3.27. The number of fused-ring (bicyclic) bond motifs is 6. The van der Waals surface area contributed by atoms with Gasteiger partial charge in [0.2, 0.25) is 0 Å². The van der Waals surface area contributed by atoms with Crippen LogP contribution in [0, 0.1) is 11.9 Å². The summed E-state index contributed by atoms with van der Waals surface area (Å²) in [5.41, 5.74) is 0.891. The summed E-state index contributed by atoms with van der Waals surface area (Å²) in [6.45, 7) is 0. The summed E-state index contributed by atoms with van der Waals surface area (Å²) >= 11 is 0. The van der Waals surface area contributed by atoms with Crippen molar-refractivity contribution in [2.45, 2.75) is 0 Å². The minimum Gasteiger partial charge on any atom is -0.304 e. The van der Waals surface area contributed by atoms with Crippen LogP contribution in [0.2, 0.25) is 0 Å². The van der Waals surface area contributed by atoms with Gasteiger partial charge < -0.3 is 4.98 Å². The molecule has 5 aromatic carbocycles. The fraction of sp³-hybridized carbons (Fsp3) is 0. The van der Waals surface area contributed by atoms with E-state index in [2.05, 4.69) is 53.5 Å². The van der Waals surface area contributed by atoms with Crippen LogP contribution < -0.4 is 0 Å². The van der Waals surface area contributed by atoms with Gasteiger partial charge in [0.15, 0.2) is 0 Å². The second-order valence-electron chi connectivity index (χ2n) is 6.46. The first-order valence-electron chi connectivity index (χ1n) is 8.27. The van der Waals surface area contributed by atoms with Crippen LogP contribution in [-0.4, -0.2) is 4.98 Å². The molecule has 6 aromatic rings. The smallest absolute Gasteiger partial charge is 0.0385 e. The molecule has 0 saturated heterocycles. The third-order valence-electron chi connectivity index (χ3n) is 5.21. The molecule has 0 saturated carbocycles. The van der Waals surface area contributed by atoms with Crippen LogP contribution in [0.3, 0.4) is 0 Å². The molecule has 1 heterocycles. The molecule has 0 aliphatic heterocycles. The summed E-state index contributed by atoms with van der Waals surface area (Å²) in [4.78, 5) is 4.64. The quantitative estimate of drug-likeness (QED) is 0.134. The number of halogens is 1. The Hall–Kier alpha value is -2.61. The molecule has 0 aliphatic rings. The van der Waals surface area contributed by atoms with E-state index < -0.39 is 0 Å². The van der Waals surface area contributed by atoms with Gasteiger partial charge in [-0.2, -0.15) is 0 Å². The molecule has 125 valence electrons. The maximum Gasteiger partial charge on any atom is 0.0385 e. The average molecular weight is 513 g/mol. The number of hydrogen-bond donors (Lipinski definition) is 0. The fourth-order valence-electron chi connectivity index (χ4n) is 4.23. The number of rotatable bonds is 0. The van der Waals surface area contributed by atoms with Crippen molar-refractivity contribution in [3.8, 4) is 0 Å². The number of aromatic nitrogens is 1. The molecular formula is C23H11FIrN-.